The van der Waals surface area contributed by atoms with Gasteiger partial charge in [0.25, 0.3) is 15.6 Å². The molecule has 30 heavy (non-hydrogen) atoms. The number of fused-ring (bicyclic) bond motifs is 1. The van der Waals surface area contributed by atoms with Crippen molar-refractivity contribution < 1.29 is 13.2 Å². The number of amides is 1. The zero-order valence-corrected chi connectivity index (χ0v) is 17.3. The van der Waals surface area contributed by atoms with E-state index in [0.29, 0.717) is 13.1 Å². The Bertz CT molecular complexity index is 1240. The van der Waals surface area contributed by atoms with Crippen LogP contribution in [0.4, 0.5) is 5.69 Å². The van der Waals surface area contributed by atoms with Gasteiger partial charge in [-0.3, -0.25) is 14.3 Å². The number of rotatable bonds is 5. The Morgan fingerprint density at radius 3 is 2.43 bits per heavy atom. The molecule has 3 aromatic rings. The first-order valence-corrected chi connectivity index (χ1v) is 11.4. The van der Waals surface area contributed by atoms with Gasteiger partial charge in [-0.05, 0) is 54.3 Å². The van der Waals surface area contributed by atoms with Crippen LogP contribution in [0, 0.1) is 0 Å². The van der Waals surface area contributed by atoms with E-state index >= 15 is 0 Å². The number of aromatic nitrogens is 1. The number of hydrogen-bond acceptors (Lipinski definition) is 4. The van der Waals surface area contributed by atoms with Crippen LogP contribution in [-0.4, -0.2) is 36.9 Å². The molecule has 0 spiro atoms. The molecule has 0 radical (unpaired) electrons. The lowest BCUT2D eigenvalue weighted by molar-refractivity contribution is -0.132. The topological polar surface area (TPSA) is 88.5 Å². The van der Waals surface area contributed by atoms with Crippen LogP contribution in [0.3, 0.4) is 0 Å². The second-order valence-corrected chi connectivity index (χ2v) is 9.09. The summed E-state index contributed by atoms with van der Waals surface area (Å²) in [5, 5.41) is 1.72. The van der Waals surface area contributed by atoms with Crippen molar-refractivity contribution in [3.8, 4) is 0 Å². The second-order valence-electron chi connectivity index (χ2n) is 7.41. The fourth-order valence-electron chi connectivity index (χ4n) is 3.67. The highest BCUT2D eigenvalue weighted by atomic mass is 32.2. The van der Waals surface area contributed by atoms with Crippen molar-refractivity contribution in [3.63, 3.8) is 0 Å². The number of anilines is 1. The van der Waals surface area contributed by atoms with E-state index in [2.05, 4.69) is 4.72 Å². The van der Waals surface area contributed by atoms with Crippen LogP contribution in [0.15, 0.2) is 70.5 Å². The summed E-state index contributed by atoms with van der Waals surface area (Å²) in [6, 6.07) is 15.2. The number of nitrogens with zero attached hydrogens (tertiary/aromatic N) is 2. The maximum absolute atomic E-state index is 12.8. The Hall–Kier alpha value is -3.13. The molecular formula is C22H23N3O4S. The average molecular weight is 426 g/mol. The van der Waals surface area contributed by atoms with E-state index in [-0.39, 0.29) is 23.0 Å². The number of carbonyl (C=O) groups is 1. The second kappa shape index (κ2) is 8.31. The van der Waals surface area contributed by atoms with Crippen molar-refractivity contribution in [2.75, 3.05) is 17.8 Å². The van der Waals surface area contributed by atoms with Gasteiger partial charge in [0.2, 0.25) is 5.91 Å². The molecule has 1 aromatic heterocycles. The third kappa shape index (κ3) is 4.23. The van der Waals surface area contributed by atoms with Gasteiger partial charge in [-0.2, -0.15) is 0 Å². The maximum atomic E-state index is 12.8. The van der Waals surface area contributed by atoms with Gasteiger partial charge in [-0.15, -0.1) is 0 Å². The zero-order chi connectivity index (χ0) is 21.1. The van der Waals surface area contributed by atoms with Crippen LogP contribution >= 0.6 is 0 Å². The Balaban J connectivity index is 1.57. The monoisotopic (exact) mass is 425 g/mol. The normalized spacial score (nSPS) is 14.6. The molecule has 2 heterocycles. The van der Waals surface area contributed by atoms with Crippen LogP contribution in [0.25, 0.3) is 10.8 Å². The van der Waals surface area contributed by atoms with Crippen molar-refractivity contribution in [1.82, 2.24) is 9.47 Å². The van der Waals surface area contributed by atoms with Crippen LogP contribution in [0.1, 0.15) is 19.3 Å². The van der Waals surface area contributed by atoms with Crippen LogP contribution < -0.4 is 10.3 Å². The van der Waals surface area contributed by atoms with Crippen LogP contribution in [0.5, 0.6) is 0 Å². The number of nitrogens with one attached hydrogen (secondary N) is 1. The first-order valence-electron chi connectivity index (χ1n) is 9.93. The van der Waals surface area contributed by atoms with Gasteiger partial charge >= 0.3 is 0 Å². The number of pyridine rings is 1. The molecule has 0 aliphatic carbocycles. The van der Waals surface area contributed by atoms with Crippen molar-refractivity contribution in [1.29, 1.82) is 0 Å². The van der Waals surface area contributed by atoms with Gasteiger partial charge in [0.1, 0.15) is 12.2 Å². The molecule has 1 fully saturated rings. The molecule has 1 N–H and O–H groups in total. The zero-order valence-electron chi connectivity index (χ0n) is 16.5. The van der Waals surface area contributed by atoms with E-state index in [9.17, 15) is 18.0 Å². The van der Waals surface area contributed by atoms with E-state index in [1.807, 2.05) is 24.3 Å². The van der Waals surface area contributed by atoms with E-state index in [1.54, 1.807) is 23.1 Å². The highest BCUT2D eigenvalue weighted by Crippen LogP contribution is 2.20. The standard InChI is InChI=1S/C22H23N3O4S/c26-21(24-12-4-1-5-13-24)16-25-14-6-9-20(22(25)27)23-30(28,29)19-11-10-17-7-2-3-8-18(17)15-19/h2-3,6-11,14-15,23H,1,4-5,12-13,16H2. The molecule has 1 aliphatic heterocycles. The van der Waals surface area contributed by atoms with Gasteiger partial charge in [-0.25, -0.2) is 8.42 Å². The SMILES string of the molecule is O=C(Cn1cccc(NS(=O)(=O)c2ccc3ccccc3c2)c1=O)N1CCCCC1. The largest absolute Gasteiger partial charge is 0.341 e. The molecule has 2 aromatic carbocycles. The maximum Gasteiger partial charge on any atom is 0.275 e. The lowest BCUT2D eigenvalue weighted by Crippen LogP contribution is -2.39. The number of sulfonamides is 1. The highest BCUT2D eigenvalue weighted by molar-refractivity contribution is 7.92. The number of piperidine rings is 1. The third-order valence-corrected chi connectivity index (χ3v) is 6.67. The first kappa shape index (κ1) is 20.2. The number of likely N-dealkylation sites (tertiary alicyclic amines) is 1. The van der Waals surface area contributed by atoms with Gasteiger partial charge in [0.15, 0.2) is 0 Å². The summed E-state index contributed by atoms with van der Waals surface area (Å²) in [6.07, 6.45) is 4.53. The molecule has 0 unspecified atom stereocenters. The molecule has 1 aliphatic rings. The first-order chi connectivity index (χ1) is 14.4. The van der Waals surface area contributed by atoms with E-state index in [4.69, 9.17) is 0 Å². The minimum absolute atomic E-state index is 0.0698. The summed E-state index contributed by atoms with van der Waals surface area (Å²) in [6.45, 7) is 1.29. The molecule has 1 saturated heterocycles. The van der Waals surface area contributed by atoms with Gasteiger partial charge < -0.3 is 9.47 Å². The summed E-state index contributed by atoms with van der Waals surface area (Å²) >= 11 is 0. The Morgan fingerprint density at radius 2 is 1.67 bits per heavy atom. The summed E-state index contributed by atoms with van der Waals surface area (Å²) < 4.78 is 29.3. The summed E-state index contributed by atoms with van der Waals surface area (Å²) in [4.78, 5) is 27.1. The smallest absolute Gasteiger partial charge is 0.275 e. The van der Waals surface area contributed by atoms with Crippen LogP contribution in [0.2, 0.25) is 0 Å². The Kier molecular flexibility index (Phi) is 5.59. The van der Waals surface area contributed by atoms with Crippen molar-refractivity contribution in [2.24, 2.45) is 0 Å². The van der Waals surface area contributed by atoms with E-state index in [1.165, 1.54) is 22.9 Å². The average Bonchev–Trinajstić information content (AvgIpc) is 2.76. The Morgan fingerprint density at radius 1 is 0.933 bits per heavy atom. The lowest BCUT2D eigenvalue weighted by atomic mass is 10.1. The molecule has 0 atom stereocenters. The van der Waals surface area contributed by atoms with Crippen molar-refractivity contribution in [2.45, 2.75) is 30.7 Å². The number of benzene rings is 2. The molecule has 1 amide bonds. The Labute approximate surface area is 175 Å². The fourth-order valence-corrected chi connectivity index (χ4v) is 4.76. The van der Waals surface area contributed by atoms with Gasteiger partial charge in [0.05, 0.1) is 4.90 Å². The quantitative estimate of drug-likeness (QED) is 0.681. The molecule has 8 heteroatoms. The van der Waals surface area contributed by atoms with Gasteiger partial charge in [0, 0.05) is 19.3 Å². The molecule has 0 bridgehead atoms. The minimum Gasteiger partial charge on any atom is -0.341 e. The van der Waals surface area contributed by atoms with Crippen molar-refractivity contribution >= 4 is 32.4 Å². The summed E-state index contributed by atoms with van der Waals surface area (Å²) in [7, 11) is -3.95. The summed E-state index contributed by atoms with van der Waals surface area (Å²) in [5.74, 6) is -0.133. The molecule has 4 rings (SSSR count). The third-order valence-electron chi connectivity index (χ3n) is 5.31. The molecule has 156 valence electrons. The fraction of sp³-hybridized carbons (Fsp3) is 0.273. The number of hydrogen-bond donors (Lipinski definition) is 1. The van der Waals surface area contributed by atoms with Crippen molar-refractivity contribution in [3.05, 3.63) is 71.1 Å². The minimum atomic E-state index is -3.95. The molecule has 7 nitrogen and oxygen atoms in total. The van der Waals surface area contributed by atoms with Gasteiger partial charge in [-0.1, -0.05) is 30.3 Å². The van der Waals surface area contributed by atoms with Crippen LogP contribution in [-0.2, 0) is 21.4 Å². The predicted molar refractivity (Wildman–Crippen MR) is 116 cm³/mol. The van der Waals surface area contributed by atoms with E-state index < -0.39 is 15.6 Å². The molecule has 0 saturated carbocycles. The lowest BCUT2D eigenvalue weighted by Gasteiger charge is -2.27. The summed E-state index contributed by atoms with van der Waals surface area (Å²) in [5.41, 5.74) is -0.635. The molecular weight excluding hydrogens is 402 g/mol. The number of carbonyl (C=O) groups excluding carboxylic acids is 1. The van der Waals surface area contributed by atoms with E-state index in [0.717, 1.165) is 30.0 Å². The highest BCUT2D eigenvalue weighted by Gasteiger charge is 2.20. The predicted octanol–water partition coefficient (Wildman–Crippen LogP) is 2.81.